The van der Waals surface area contributed by atoms with Crippen LogP contribution in [-0.4, -0.2) is 22.6 Å². The first kappa shape index (κ1) is 9.09. The van der Waals surface area contributed by atoms with E-state index in [9.17, 15) is 0 Å². The Morgan fingerprint density at radius 2 is 2.20 bits per heavy atom. The highest BCUT2D eigenvalue weighted by atomic mass is 15.3. The first-order valence-corrected chi connectivity index (χ1v) is 5.65. The van der Waals surface area contributed by atoms with Crippen LogP contribution >= 0.6 is 0 Å². The number of nitrogens with zero attached hydrogens (tertiary/aromatic N) is 3. The van der Waals surface area contributed by atoms with Crippen LogP contribution < -0.4 is 10.6 Å². The van der Waals surface area contributed by atoms with Crippen molar-refractivity contribution in [3.8, 4) is 0 Å². The second-order valence-electron chi connectivity index (χ2n) is 4.52. The Morgan fingerprint density at radius 1 is 1.33 bits per heavy atom. The predicted octanol–water partition coefficient (Wildman–Crippen LogP) is 0.924. The van der Waals surface area contributed by atoms with Gasteiger partial charge in [-0.1, -0.05) is 0 Å². The zero-order valence-corrected chi connectivity index (χ0v) is 8.76. The Labute approximate surface area is 89.5 Å². The molecule has 1 saturated heterocycles. The van der Waals surface area contributed by atoms with Crippen molar-refractivity contribution in [2.24, 2.45) is 11.7 Å². The van der Waals surface area contributed by atoms with Crippen molar-refractivity contribution < 1.29 is 0 Å². The Bertz CT molecular complexity index is 365. The molecule has 15 heavy (non-hydrogen) atoms. The number of nitrogens with two attached hydrogens (primary N) is 1. The molecule has 2 N–H and O–H groups in total. The van der Waals surface area contributed by atoms with E-state index in [-0.39, 0.29) is 0 Å². The fourth-order valence-corrected chi connectivity index (χ4v) is 2.93. The zero-order chi connectivity index (χ0) is 10.3. The summed E-state index contributed by atoms with van der Waals surface area (Å²) in [5.74, 6) is 1.90. The van der Waals surface area contributed by atoms with Gasteiger partial charge in [0.05, 0.1) is 5.69 Å². The molecule has 2 atom stereocenters. The van der Waals surface area contributed by atoms with Crippen molar-refractivity contribution in [1.29, 1.82) is 0 Å². The number of fused-ring (bicyclic) bond motifs is 2. The molecule has 3 rings (SSSR count). The van der Waals surface area contributed by atoms with Gasteiger partial charge in [0.2, 0.25) is 0 Å². The molecule has 2 unspecified atom stereocenters. The summed E-state index contributed by atoms with van der Waals surface area (Å²) in [7, 11) is 0. The lowest BCUT2D eigenvalue weighted by Gasteiger charge is -2.28. The van der Waals surface area contributed by atoms with E-state index in [1.54, 1.807) is 12.4 Å². The van der Waals surface area contributed by atoms with Crippen LogP contribution in [0.15, 0.2) is 12.4 Å². The minimum atomic E-state index is 0.483. The molecule has 1 aliphatic heterocycles. The van der Waals surface area contributed by atoms with E-state index in [1.165, 1.54) is 19.3 Å². The van der Waals surface area contributed by atoms with Crippen LogP contribution in [0.5, 0.6) is 0 Å². The zero-order valence-electron chi connectivity index (χ0n) is 8.76. The van der Waals surface area contributed by atoms with Crippen LogP contribution in [0.25, 0.3) is 0 Å². The maximum Gasteiger partial charge on any atom is 0.151 e. The number of rotatable bonds is 2. The lowest BCUT2D eigenvalue weighted by atomic mass is 10.1. The summed E-state index contributed by atoms with van der Waals surface area (Å²) < 4.78 is 0. The van der Waals surface area contributed by atoms with E-state index >= 15 is 0 Å². The average molecular weight is 204 g/mol. The normalized spacial score (nSPS) is 28.7. The fraction of sp³-hybridized carbons (Fsp3) is 0.636. The van der Waals surface area contributed by atoms with Crippen molar-refractivity contribution in [2.45, 2.75) is 31.8 Å². The lowest BCUT2D eigenvalue weighted by Crippen LogP contribution is -2.33. The second kappa shape index (κ2) is 3.45. The molecule has 4 nitrogen and oxygen atoms in total. The van der Waals surface area contributed by atoms with Gasteiger partial charge in [-0.25, -0.2) is 4.98 Å². The standard InChI is InChI=1S/C11H16N4/c12-6-10-11(14-4-3-13-10)15-7-8-1-2-9(15)5-8/h3-4,8-9H,1-2,5-7,12H2. The van der Waals surface area contributed by atoms with E-state index in [0.717, 1.165) is 24.0 Å². The molecule has 0 amide bonds. The van der Waals surface area contributed by atoms with Gasteiger partial charge in [0, 0.05) is 31.5 Å². The summed E-state index contributed by atoms with van der Waals surface area (Å²) in [6, 6.07) is 0.692. The van der Waals surface area contributed by atoms with Gasteiger partial charge in [-0.05, 0) is 25.2 Å². The first-order valence-electron chi connectivity index (χ1n) is 5.65. The van der Waals surface area contributed by atoms with Crippen LogP contribution in [0.3, 0.4) is 0 Å². The largest absolute Gasteiger partial charge is 0.352 e. The SMILES string of the molecule is NCc1nccnc1N1CC2CCC1C2. The molecule has 1 aliphatic carbocycles. The van der Waals surface area contributed by atoms with Gasteiger partial charge in [0.25, 0.3) is 0 Å². The fourth-order valence-electron chi connectivity index (χ4n) is 2.93. The van der Waals surface area contributed by atoms with E-state index in [1.807, 2.05) is 0 Å². The van der Waals surface area contributed by atoms with Crippen molar-refractivity contribution in [3.05, 3.63) is 18.1 Å². The molecule has 0 radical (unpaired) electrons. The molecule has 2 fully saturated rings. The molecular weight excluding hydrogens is 188 g/mol. The van der Waals surface area contributed by atoms with Crippen LogP contribution in [0.2, 0.25) is 0 Å². The van der Waals surface area contributed by atoms with E-state index < -0.39 is 0 Å². The molecular formula is C11H16N4. The monoisotopic (exact) mass is 204 g/mol. The van der Waals surface area contributed by atoms with Crippen molar-refractivity contribution in [1.82, 2.24) is 9.97 Å². The molecule has 0 spiro atoms. The number of piperidine rings is 1. The van der Waals surface area contributed by atoms with Gasteiger partial charge in [-0.2, -0.15) is 0 Å². The summed E-state index contributed by atoms with van der Waals surface area (Å²) >= 11 is 0. The maximum absolute atomic E-state index is 5.69. The summed E-state index contributed by atoms with van der Waals surface area (Å²) in [4.78, 5) is 11.1. The topological polar surface area (TPSA) is 55.0 Å². The minimum absolute atomic E-state index is 0.483. The minimum Gasteiger partial charge on any atom is -0.352 e. The highest BCUT2D eigenvalue weighted by Crippen LogP contribution is 2.39. The van der Waals surface area contributed by atoms with Gasteiger partial charge in [0.15, 0.2) is 5.82 Å². The Morgan fingerprint density at radius 3 is 2.87 bits per heavy atom. The number of anilines is 1. The number of hydrogen-bond donors (Lipinski definition) is 1. The van der Waals surface area contributed by atoms with Crippen molar-refractivity contribution >= 4 is 5.82 Å². The molecule has 1 saturated carbocycles. The third-order valence-electron chi connectivity index (χ3n) is 3.63. The van der Waals surface area contributed by atoms with Crippen LogP contribution in [0.4, 0.5) is 5.82 Å². The van der Waals surface area contributed by atoms with Crippen LogP contribution in [0, 0.1) is 5.92 Å². The van der Waals surface area contributed by atoms with E-state index in [4.69, 9.17) is 5.73 Å². The van der Waals surface area contributed by atoms with Crippen molar-refractivity contribution in [2.75, 3.05) is 11.4 Å². The van der Waals surface area contributed by atoms with Crippen LogP contribution in [0.1, 0.15) is 25.0 Å². The van der Waals surface area contributed by atoms with Crippen molar-refractivity contribution in [3.63, 3.8) is 0 Å². The third-order valence-corrected chi connectivity index (χ3v) is 3.63. The van der Waals surface area contributed by atoms with E-state index in [0.29, 0.717) is 12.6 Å². The molecule has 4 heteroatoms. The van der Waals surface area contributed by atoms with Gasteiger partial charge in [0.1, 0.15) is 0 Å². The second-order valence-corrected chi connectivity index (χ2v) is 4.52. The highest BCUT2D eigenvalue weighted by Gasteiger charge is 2.39. The van der Waals surface area contributed by atoms with Crippen LogP contribution in [-0.2, 0) is 6.54 Å². The molecule has 80 valence electrons. The molecule has 2 heterocycles. The number of hydrogen-bond acceptors (Lipinski definition) is 4. The highest BCUT2D eigenvalue weighted by molar-refractivity contribution is 5.46. The van der Waals surface area contributed by atoms with Gasteiger partial charge < -0.3 is 10.6 Å². The lowest BCUT2D eigenvalue weighted by molar-refractivity contribution is 0.548. The van der Waals surface area contributed by atoms with Gasteiger partial charge in [-0.15, -0.1) is 0 Å². The molecule has 0 aromatic carbocycles. The summed E-state index contributed by atoms with van der Waals surface area (Å²) in [5, 5.41) is 0. The quantitative estimate of drug-likeness (QED) is 0.778. The first-order chi connectivity index (χ1) is 7.38. The Balaban J connectivity index is 1.92. The maximum atomic E-state index is 5.69. The smallest absolute Gasteiger partial charge is 0.151 e. The van der Waals surface area contributed by atoms with Gasteiger partial charge in [-0.3, -0.25) is 4.98 Å². The predicted molar refractivity (Wildman–Crippen MR) is 58.4 cm³/mol. The van der Waals surface area contributed by atoms with E-state index in [2.05, 4.69) is 14.9 Å². The third kappa shape index (κ3) is 1.40. The Hall–Kier alpha value is -1.16. The molecule has 2 bridgehead atoms. The molecule has 1 aromatic heterocycles. The Kier molecular flexibility index (Phi) is 2.09. The summed E-state index contributed by atoms with van der Waals surface area (Å²) in [6.07, 6.45) is 7.52. The van der Waals surface area contributed by atoms with Gasteiger partial charge >= 0.3 is 0 Å². The average Bonchev–Trinajstić information content (AvgIpc) is 2.90. The summed E-state index contributed by atoms with van der Waals surface area (Å²) in [6.45, 7) is 1.63. The summed E-state index contributed by atoms with van der Waals surface area (Å²) in [5.41, 5.74) is 6.62. The number of aromatic nitrogens is 2. The molecule has 1 aromatic rings. The molecule has 2 aliphatic rings.